The van der Waals surface area contributed by atoms with Gasteiger partial charge in [0.15, 0.2) is 0 Å². The summed E-state index contributed by atoms with van der Waals surface area (Å²) in [6, 6.07) is 14.5. The summed E-state index contributed by atoms with van der Waals surface area (Å²) in [5.74, 6) is 0.635. The minimum atomic E-state index is -0.473. The van der Waals surface area contributed by atoms with Crippen LogP contribution in [0.25, 0.3) is 5.69 Å². The molecule has 3 aromatic rings. The van der Waals surface area contributed by atoms with E-state index in [0.29, 0.717) is 29.0 Å². The average Bonchev–Trinajstić information content (AvgIpc) is 3.51. The molecule has 3 amide bonds. The number of nitrogens with zero attached hydrogens (tertiary/aromatic N) is 4. The molecule has 1 fully saturated rings. The Morgan fingerprint density at radius 2 is 1.79 bits per heavy atom. The van der Waals surface area contributed by atoms with Crippen LogP contribution in [0.15, 0.2) is 48.5 Å². The van der Waals surface area contributed by atoms with Gasteiger partial charge in [0.05, 0.1) is 33.5 Å². The van der Waals surface area contributed by atoms with Gasteiger partial charge >= 0.3 is 6.03 Å². The zero-order valence-electron chi connectivity index (χ0n) is 22.4. The van der Waals surface area contributed by atoms with Crippen molar-refractivity contribution in [3.05, 3.63) is 69.8 Å². The lowest BCUT2D eigenvalue weighted by Crippen LogP contribution is -2.35. The molecule has 2 aromatic carbocycles. The number of carbonyl (C=O) groups excluding carboxylic acids is 2. The molecule has 0 radical (unpaired) electrons. The fraction of sp³-hybridized carbons (Fsp3) is 0.393. The van der Waals surface area contributed by atoms with Crippen LogP contribution in [0.2, 0.25) is 10.0 Å². The highest BCUT2D eigenvalue weighted by molar-refractivity contribution is 6.44. The number of carbonyl (C=O) groups is 2. The molecule has 2 heterocycles. The van der Waals surface area contributed by atoms with Gasteiger partial charge in [-0.05, 0) is 50.3 Å². The van der Waals surface area contributed by atoms with Crippen LogP contribution >= 0.6 is 23.2 Å². The first kappa shape index (κ1) is 28.0. The Bertz CT molecular complexity index is 1310. The third kappa shape index (κ3) is 6.49. The second-order valence-corrected chi connectivity index (χ2v) is 11.6. The van der Waals surface area contributed by atoms with E-state index in [1.807, 2.05) is 35.2 Å². The van der Waals surface area contributed by atoms with Gasteiger partial charge in [0.2, 0.25) is 5.91 Å². The van der Waals surface area contributed by atoms with E-state index in [2.05, 4.69) is 50.4 Å². The monoisotopic (exact) mass is 556 g/mol. The molecular weight excluding hydrogens is 523 g/mol. The summed E-state index contributed by atoms with van der Waals surface area (Å²) in [6.07, 6.45) is 1.35. The summed E-state index contributed by atoms with van der Waals surface area (Å²) in [5.41, 5.74) is 2.68. The zero-order chi connectivity index (χ0) is 27.6. The van der Waals surface area contributed by atoms with E-state index in [0.717, 1.165) is 36.5 Å². The highest BCUT2D eigenvalue weighted by Gasteiger charge is 2.27. The number of likely N-dealkylation sites (tertiary alicyclic amines) is 1. The van der Waals surface area contributed by atoms with E-state index >= 15 is 0 Å². The number of urea groups is 1. The van der Waals surface area contributed by atoms with Gasteiger partial charge in [-0.3, -0.25) is 10.1 Å². The minimum absolute atomic E-state index is 0.134. The highest BCUT2D eigenvalue weighted by Crippen LogP contribution is 2.30. The number of anilines is 2. The van der Waals surface area contributed by atoms with Crippen LogP contribution in [-0.2, 0) is 16.6 Å². The summed E-state index contributed by atoms with van der Waals surface area (Å²) < 4.78 is 1.69. The molecule has 4 rings (SSSR count). The zero-order valence-corrected chi connectivity index (χ0v) is 23.9. The van der Waals surface area contributed by atoms with Gasteiger partial charge < -0.3 is 15.1 Å². The second-order valence-electron chi connectivity index (χ2n) is 10.8. The lowest BCUT2D eigenvalue weighted by atomic mass is 9.92. The first-order valence-corrected chi connectivity index (χ1v) is 13.3. The quantitative estimate of drug-likeness (QED) is 0.400. The Morgan fingerprint density at radius 3 is 2.42 bits per heavy atom. The summed E-state index contributed by atoms with van der Waals surface area (Å²) in [5, 5.41) is 11.0. The van der Waals surface area contributed by atoms with Crippen molar-refractivity contribution in [1.82, 2.24) is 19.6 Å². The van der Waals surface area contributed by atoms with Crippen molar-refractivity contribution in [2.24, 2.45) is 0 Å². The third-order valence-electron chi connectivity index (χ3n) is 6.70. The predicted octanol–water partition coefficient (Wildman–Crippen LogP) is 5.83. The van der Waals surface area contributed by atoms with Crippen molar-refractivity contribution >= 4 is 46.6 Å². The Labute approximate surface area is 233 Å². The number of amides is 3. The molecule has 1 aliphatic heterocycles. The number of aromatic nitrogens is 2. The van der Waals surface area contributed by atoms with E-state index in [9.17, 15) is 9.59 Å². The topological polar surface area (TPSA) is 82.5 Å². The number of rotatable bonds is 6. The smallest absolute Gasteiger partial charge is 0.324 e. The van der Waals surface area contributed by atoms with Crippen LogP contribution in [0.5, 0.6) is 0 Å². The Balaban J connectivity index is 1.51. The van der Waals surface area contributed by atoms with Crippen molar-refractivity contribution in [2.75, 3.05) is 37.8 Å². The van der Waals surface area contributed by atoms with Crippen molar-refractivity contribution in [3.8, 4) is 5.69 Å². The summed E-state index contributed by atoms with van der Waals surface area (Å²) in [6.45, 7) is 7.74. The first-order chi connectivity index (χ1) is 17.9. The molecule has 0 spiro atoms. The third-order valence-corrected chi connectivity index (χ3v) is 7.52. The molecule has 1 aliphatic rings. The van der Waals surface area contributed by atoms with Gasteiger partial charge in [-0.2, -0.15) is 5.10 Å². The summed E-state index contributed by atoms with van der Waals surface area (Å²) >= 11 is 12.3. The molecule has 1 unspecified atom stereocenters. The number of hydrogen-bond donors (Lipinski definition) is 2. The first-order valence-electron chi connectivity index (χ1n) is 12.6. The number of nitrogens with one attached hydrogen (secondary N) is 2. The lowest BCUT2D eigenvalue weighted by molar-refractivity contribution is -0.129. The molecule has 0 saturated carbocycles. The maximum Gasteiger partial charge on any atom is 0.324 e. The van der Waals surface area contributed by atoms with E-state index in [4.69, 9.17) is 28.3 Å². The van der Waals surface area contributed by atoms with Gasteiger partial charge in [-0.15, -0.1) is 0 Å². The molecule has 8 nitrogen and oxygen atoms in total. The molecule has 2 N–H and O–H groups in total. The van der Waals surface area contributed by atoms with E-state index in [1.54, 1.807) is 22.9 Å². The SMILES string of the molecule is CN(C)C1CCN(C(=O)Cc2ccc(-n3nc(C(C)(C)C)cc3NC(=O)Nc3cccc(Cl)c3Cl)cc2)C1. The molecule has 202 valence electrons. The maximum absolute atomic E-state index is 12.8. The van der Waals surface area contributed by atoms with Crippen molar-refractivity contribution in [2.45, 2.75) is 45.1 Å². The molecule has 1 saturated heterocycles. The minimum Gasteiger partial charge on any atom is -0.341 e. The molecule has 0 bridgehead atoms. The normalized spacial score (nSPS) is 15.7. The fourth-order valence-electron chi connectivity index (χ4n) is 4.33. The molecule has 1 aromatic heterocycles. The second kappa shape index (κ2) is 11.4. The van der Waals surface area contributed by atoms with Gasteiger partial charge in [0, 0.05) is 30.6 Å². The van der Waals surface area contributed by atoms with Crippen LogP contribution in [0.4, 0.5) is 16.3 Å². The number of hydrogen-bond acceptors (Lipinski definition) is 4. The largest absolute Gasteiger partial charge is 0.341 e. The lowest BCUT2D eigenvalue weighted by Gasteiger charge is -2.20. The summed E-state index contributed by atoms with van der Waals surface area (Å²) in [7, 11) is 4.10. The van der Waals surface area contributed by atoms with Crippen LogP contribution in [0, 0.1) is 0 Å². The van der Waals surface area contributed by atoms with Crippen LogP contribution in [0.1, 0.15) is 38.4 Å². The van der Waals surface area contributed by atoms with Gasteiger partial charge in [-0.1, -0.05) is 62.2 Å². The van der Waals surface area contributed by atoms with Gasteiger partial charge in [-0.25, -0.2) is 9.48 Å². The molecule has 38 heavy (non-hydrogen) atoms. The predicted molar refractivity (Wildman–Crippen MR) is 154 cm³/mol. The number of likely N-dealkylation sites (N-methyl/N-ethyl adjacent to an activating group) is 1. The van der Waals surface area contributed by atoms with Crippen molar-refractivity contribution in [3.63, 3.8) is 0 Å². The van der Waals surface area contributed by atoms with Crippen LogP contribution < -0.4 is 10.6 Å². The highest BCUT2D eigenvalue weighted by atomic mass is 35.5. The number of benzene rings is 2. The molecule has 10 heteroatoms. The molecule has 1 atom stereocenters. The van der Waals surface area contributed by atoms with Crippen molar-refractivity contribution < 1.29 is 9.59 Å². The molecule has 0 aliphatic carbocycles. The van der Waals surface area contributed by atoms with Crippen LogP contribution in [-0.4, -0.2) is 64.7 Å². The summed E-state index contributed by atoms with van der Waals surface area (Å²) in [4.78, 5) is 29.8. The Hall–Kier alpha value is -3.07. The standard InChI is InChI=1S/C28H34Cl2N6O2/c1-28(2,3)23-16-24(32-27(38)31-22-8-6-7-21(29)26(22)30)36(33-23)19-11-9-18(10-12-19)15-25(37)35-14-13-20(17-35)34(4)5/h6-12,16,20H,13-15,17H2,1-5H3,(H2,31,32,38). The fourth-order valence-corrected chi connectivity index (χ4v) is 4.68. The maximum atomic E-state index is 12.8. The van der Waals surface area contributed by atoms with Crippen molar-refractivity contribution in [1.29, 1.82) is 0 Å². The van der Waals surface area contributed by atoms with E-state index in [-0.39, 0.29) is 16.3 Å². The van der Waals surface area contributed by atoms with E-state index < -0.39 is 6.03 Å². The average molecular weight is 558 g/mol. The number of halogens is 2. The van der Waals surface area contributed by atoms with Crippen LogP contribution in [0.3, 0.4) is 0 Å². The Morgan fingerprint density at radius 1 is 1.08 bits per heavy atom. The Kier molecular flexibility index (Phi) is 8.35. The molecular formula is C28H34Cl2N6O2. The van der Waals surface area contributed by atoms with Gasteiger partial charge in [0.1, 0.15) is 5.82 Å². The van der Waals surface area contributed by atoms with E-state index in [1.165, 1.54) is 0 Å². The van der Waals surface area contributed by atoms with Gasteiger partial charge in [0.25, 0.3) is 0 Å².